The molecule has 0 fully saturated rings. The summed E-state index contributed by atoms with van der Waals surface area (Å²) < 4.78 is 17.2. The molecule has 0 amide bonds. The van der Waals surface area contributed by atoms with Gasteiger partial charge in [0.15, 0.2) is 5.58 Å². The lowest BCUT2D eigenvalue weighted by Crippen LogP contribution is -2.39. The molecule has 0 saturated heterocycles. The van der Waals surface area contributed by atoms with E-state index in [-0.39, 0.29) is 17.4 Å². The molecule has 4 rings (SSSR count). The average Bonchev–Trinajstić information content (AvgIpc) is 3.32. The van der Waals surface area contributed by atoms with E-state index in [4.69, 9.17) is 13.7 Å². The summed E-state index contributed by atoms with van der Waals surface area (Å²) in [7, 11) is -1.96. The number of fused-ring (bicyclic) bond motifs is 2. The van der Waals surface area contributed by atoms with E-state index >= 15 is 0 Å². The van der Waals surface area contributed by atoms with Crippen molar-refractivity contribution in [3.05, 3.63) is 53.5 Å². The first kappa shape index (κ1) is 22.3. The van der Waals surface area contributed by atoms with Gasteiger partial charge >= 0.3 is 5.97 Å². The van der Waals surface area contributed by atoms with Gasteiger partial charge in [-0.1, -0.05) is 39.0 Å². The zero-order valence-electron chi connectivity index (χ0n) is 19.6. The standard InChI is InChI=1S/C25H30N2O4Si/c1-7-29-24(28)23-22(19-12-13-26-15-21(19)30-23)17-8-10-18-16(14-17)9-11-20(18)27-31-32(5,6)25(2,3)4/h8,10,12-15H,7,9,11H2,1-6H3. The molecular weight excluding hydrogens is 420 g/mol. The zero-order valence-corrected chi connectivity index (χ0v) is 20.6. The highest BCUT2D eigenvalue weighted by atomic mass is 28.4. The third kappa shape index (κ3) is 3.97. The molecular formula is C25H30N2O4Si. The summed E-state index contributed by atoms with van der Waals surface area (Å²) in [5.74, 6) is -0.257. The summed E-state index contributed by atoms with van der Waals surface area (Å²) in [5.41, 5.74) is 5.52. The first-order valence-electron chi connectivity index (χ1n) is 11.0. The van der Waals surface area contributed by atoms with Gasteiger partial charge in [0, 0.05) is 22.7 Å². The van der Waals surface area contributed by atoms with Gasteiger partial charge in [0.2, 0.25) is 5.76 Å². The first-order chi connectivity index (χ1) is 15.1. The molecule has 3 aromatic rings. The number of rotatable bonds is 5. The average molecular weight is 451 g/mol. The highest BCUT2D eigenvalue weighted by molar-refractivity contribution is 6.74. The smallest absolute Gasteiger partial charge is 0.374 e. The summed E-state index contributed by atoms with van der Waals surface area (Å²) in [6.07, 6.45) is 5.05. The number of aryl methyl sites for hydroxylation is 1. The number of benzene rings is 1. The molecule has 32 heavy (non-hydrogen) atoms. The molecule has 0 aliphatic heterocycles. The Hall–Kier alpha value is -2.93. The van der Waals surface area contributed by atoms with E-state index in [0.717, 1.165) is 40.6 Å². The number of pyridine rings is 1. The third-order valence-corrected chi connectivity index (χ3v) is 10.6. The molecule has 2 aromatic heterocycles. The minimum Gasteiger partial charge on any atom is -0.460 e. The molecule has 0 bridgehead atoms. The van der Waals surface area contributed by atoms with E-state index in [1.165, 1.54) is 5.56 Å². The van der Waals surface area contributed by atoms with Crippen LogP contribution in [0.15, 0.2) is 46.2 Å². The van der Waals surface area contributed by atoms with Crippen molar-refractivity contribution in [3.63, 3.8) is 0 Å². The number of hydrogen-bond acceptors (Lipinski definition) is 6. The van der Waals surface area contributed by atoms with E-state index in [9.17, 15) is 4.79 Å². The molecule has 7 heteroatoms. The third-order valence-electron chi connectivity index (χ3n) is 6.48. The molecule has 168 valence electrons. The Morgan fingerprint density at radius 2 is 2.00 bits per heavy atom. The Bertz CT molecular complexity index is 1200. The van der Waals surface area contributed by atoms with Crippen LogP contribution in [-0.2, 0) is 15.7 Å². The Labute approximate surface area is 189 Å². The number of esters is 1. The largest absolute Gasteiger partial charge is 0.460 e. The van der Waals surface area contributed by atoms with E-state index in [1.807, 2.05) is 12.1 Å². The molecule has 1 aliphatic carbocycles. The molecule has 1 aromatic carbocycles. The molecule has 0 N–H and O–H groups in total. The van der Waals surface area contributed by atoms with Crippen LogP contribution in [0, 0.1) is 0 Å². The summed E-state index contributed by atoms with van der Waals surface area (Å²) in [4.78, 5) is 16.7. The van der Waals surface area contributed by atoms with Crippen molar-refractivity contribution in [2.45, 2.75) is 58.7 Å². The van der Waals surface area contributed by atoms with E-state index in [2.05, 4.69) is 56.1 Å². The predicted octanol–water partition coefficient (Wildman–Crippen LogP) is 6.34. The van der Waals surface area contributed by atoms with Crippen LogP contribution in [0.25, 0.3) is 22.1 Å². The molecule has 1 aliphatic rings. The number of furan rings is 1. The summed E-state index contributed by atoms with van der Waals surface area (Å²) in [6, 6.07) is 8.07. The minimum atomic E-state index is -1.96. The molecule has 0 spiro atoms. The number of aromatic nitrogens is 1. The van der Waals surface area contributed by atoms with Gasteiger partial charge in [-0.3, -0.25) is 4.98 Å². The van der Waals surface area contributed by atoms with Gasteiger partial charge in [-0.2, -0.15) is 0 Å². The summed E-state index contributed by atoms with van der Waals surface area (Å²) in [5, 5.41) is 5.54. The molecule has 0 saturated carbocycles. The SMILES string of the molecule is CCOC(=O)c1oc2cnccc2c1-c1ccc2c(c1)CCC2=NO[Si](C)(C)C(C)(C)C. The first-order valence-corrected chi connectivity index (χ1v) is 14.0. The molecule has 0 radical (unpaired) electrons. The molecule has 0 unspecified atom stereocenters. The van der Waals surface area contributed by atoms with Crippen LogP contribution < -0.4 is 0 Å². The maximum atomic E-state index is 12.6. The monoisotopic (exact) mass is 450 g/mol. The van der Waals surface area contributed by atoms with Crippen molar-refractivity contribution in [2.75, 3.05) is 6.61 Å². The van der Waals surface area contributed by atoms with E-state index < -0.39 is 14.3 Å². The highest BCUT2D eigenvalue weighted by Gasteiger charge is 2.40. The van der Waals surface area contributed by atoms with Gasteiger partial charge in [-0.15, -0.1) is 5.16 Å². The predicted molar refractivity (Wildman–Crippen MR) is 129 cm³/mol. The Morgan fingerprint density at radius 1 is 1.22 bits per heavy atom. The molecule has 2 heterocycles. The van der Waals surface area contributed by atoms with Crippen LogP contribution in [0.5, 0.6) is 0 Å². The maximum absolute atomic E-state index is 12.6. The van der Waals surface area contributed by atoms with Crippen LogP contribution in [0.3, 0.4) is 0 Å². The number of nitrogens with zero attached hydrogens (tertiary/aromatic N) is 2. The van der Waals surface area contributed by atoms with Gasteiger partial charge < -0.3 is 13.7 Å². The van der Waals surface area contributed by atoms with Crippen molar-refractivity contribution in [3.8, 4) is 11.1 Å². The highest BCUT2D eigenvalue weighted by Crippen LogP contribution is 2.39. The Balaban J connectivity index is 1.72. The van der Waals surface area contributed by atoms with Crippen LogP contribution in [0.2, 0.25) is 18.1 Å². The Kier molecular flexibility index (Phi) is 5.71. The summed E-state index contributed by atoms with van der Waals surface area (Å²) >= 11 is 0. The van der Waals surface area contributed by atoms with Gasteiger partial charge in [0.05, 0.1) is 18.5 Å². The van der Waals surface area contributed by atoms with Gasteiger partial charge in [0.1, 0.15) is 0 Å². The van der Waals surface area contributed by atoms with Crippen LogP contribution >= 0.6 is 0 Å². The zero-order chi connectivity index (χ0) is 23.1. The topological polar surface area (TPSA) is 73.9 Å². The van der Waals surface area contributed by atoms with Crippen LogP contribution in [0.1, 0.15) is 55.8 Å². The van der Waals surface area contributed by atoms with Crippen molar-refractivity contribution in [2.24, 2.45) is 5.16 Å². The van der Waals surface area contributed by atoms with E-state index in [0.29, 0.717) is 5.58 Å². The number of carbonyl (C=O) groups is 1. The van der Waals surface area contributed by atoms with Crippen molar-refractivity contribution >= 4 is 31.0 Å². The van der Waals surface area contributed by atoms with Gasteiger partial charge in [-0.05, 0) is 55.1 Å². The number of hydrogen-bond donors (Lipinski definition) is 0. The maximum Gasteiger partial charge on any atom is 0.374 e. The number of carbonyl (C=O) groups excluding carboxylic acids is 1. The normalized spacial score (nSPS) is 15.2. The Morgan fingerprint density at radius 3 is 2.72 bits per heavy atom. The lowest BCUT2D eigenvalue weighted by atomic mass is 9.98. The van der Waals surface area contributed by atoms with Crippen LogP contribution in [-0.4, -0.2) is 31.6 Å². The van der Waals surface area contributed by atoms with E-state index in [1.54, 1.807) is 19.3 Å². The molecule has 0 atom stereocenters. The minimum absolute atomic E-state index is 0.100. The van der Waals surface area contributed by atoms with Crippen molar-refractivity contribution in [1.82, 2.24) is 4.98 Å². The second kappa shape index (κ2) is 8.20. The molecule has 6 nitrogen and oxygen atoms in total. The fourth-order valence-electron chi connectivity index (χ4n) is 3.60. The second-order valence-corrected chi connectivity index (χ2v) is 14.4. The number of ether oxygens (including phenoxy) is 1. The summed E-state index contributed by atoms with van der Waals surface area (Å²) in [6.45, 7) is 13.1. The number of oxime groups is 1. The fourth-order valence-corrected chi connectivity index (χ4v) is 4.22. The lowest BCUT2D eigenvalue weighted by molar-refractivity contribution is 0.0494. The van der Waals surface area contributed by atoms with Crippen LogP contribution in [0.4, 0.5) is 0 Å². The van der Waals surface area contributed by atoms with Crippen molar-refractivity contribution in [1.29, 1.82) is 0 Å². The fraction of sp³-hybridized carbons (Fsp3) is 0.400. The second-order valence-electron chi connectivity index (χ2n) is 9.66. The lowest BCUT2D eigenvalue weighted by Gasteiger charge is -2.33. The van der Waals surface area contributed by atoms with Gasteiger partial charge in [0.25, 0.3) is 8.32 Å². The quantitative estimate of drug-likeness (QED) is 0.257. The van der Waals surface area contributed by atoms with Crippen molar-refractivity contribution < 1.29 is 18.5 Å². The van der Waals surface area contributed by atoms with Gasteiger partial charge in [-0.25, -0.2) is 4.79 Å².